The molecule has 0 unspecified atom stereocenters. The van der Waals surface area contributed by atoms with Crippen molar-refractivity contribution >= 4 is 11.8 Å². The molecule has 4 heteroatoms. The Kier molecular flexibility index (Phi) is 18.6. The number of carboxylic acid groups (broad SMARTS) is 1. The average Bonchev–Trinajstić information content (AvgIpc) is 2.99. The minimum absolute atomic E-state index is 0. The van der Waals surface area contributed by atoms with Gasteiger partial charge in [-0.1, -0.05) is 44.9 Å². The number of rotatable bonds is 4. The maximum Gasteiger partial charge on any atom is 2.00 e. The molecule has 0 amide bonds. The fraction of sp³-hybridized carbons (Fsp3) is 0.750. The van der Waals surface area contributed by atoms with Crippen molar-refractivity contribution in [2.75, 3.05) is 0 Å². The second-order valence-corrected chi connectivity index (χ2v) is 5.11. The number of carbonyl (C=O) groups is 2. The van der Waals surface area contributed by atoms with Gasteiger partial charge < -0.3 is 20.0 Å². The summed E-state index contributed by atoms with van der Waals surface area (Å²) in [6.07, 6.45) is 11.9. The van der Waals surface area contributed by atoms with Crippen LogP contribution in [0, 0.1) is 20.8 Å². The van der Waals surface area contributed by atoms with Crippen LogP contribution in [0.1, 0.15) is 70.6 Å². The quantitative estimate of drug-likeness (QED) is 0.613. The summed E-state index contributed by atoms with van der Waals surface area (Å²) in [4.78, 5) is 21.5. The number of hydrogen-bond acceptors (Lipinski definition) is 2. The van der Waals surface area contributed by atoms with Gasteiger partial charge in [0.05, 0.1) is 6.42 Å². The SMILES string of the molecule is C1CCCC1.O=C(O)CCC(=O)C1CCCC1.[CH3-].[CH3-].[Fe+2]. The van der Waals surface area contributed by atoms with E-state index in [0.29, 0.717) is 0 Å². The summed E-state index contributed by atoms with van der Waals surface area (Å²) in [5.74, 6) is -0.555. The fourth-order valence-electron chi connectivity index (χ4n) is 2.57. The number of hydrogen-bond donors (Lipinski definition) is 1. The smallest absolute Gasteiger partial charge is 0.481 e. The third kappa shape index (κ3) is 11.5. The molecular weight excluding hydrogens is 296 g/mol. The Morgan fingerprint density at radius 1 is 0.800 bits per heavy atom. The molecular formula is C16H30FeO3. The molecule has 0 aromatic carbocycles. The molecule has 3 nitrogen and oxygen atoms in total. The second-order valence-electron chi connectivity index (χ2n) is 5.11. The predicted octanol–water partition coefficient (Wildman–Crippen LogP) is 4.46. The van der Waals surface area contributed by atoms with Crippen LogP contribution in [0.5, 0.6) is 0 Å². The van der Waals surface area contributed by atoms with Crippen molar-refractivity contribution in [3.8, 4) is 0 Å². The summed E-state index contributed by atoms with van der Waals surface area (Å²) in [6, 6.07) is 0. The van der Waals surface area contributed by atoms with Crippen molar-refractivity contribution < 1.29 is 31.8 Å². The topological polar surface area (TPSA) is 54.4 Å². The van der Waals surface area contributed by atoms with Gasteiger partial charge in [0.25, 0.3) is 0 Å². The van der Waals surface area contributed by atoms with Gasteiger partial charge in [0.1, 0.15) is 5.78 Å². The maximum absolute atomic E-state index is 11.3. The zero-order valence-electron chi connectivity index (χ0n) is 13.0. The first-order chi connectivity index (χ1) is 8.20. The van der Waals surface area contributed by atoms with Crippen LogP contribution < -0.4 is 0 Å². The van der Waals surface area contributed by atoms with E-state index in [9.17, 15) is 9.59 Å². The van der Waals surface area contributed by atoms with Gasteiger partial charge in [-0.2, -0.15) is 0 Å². The summed E-state index contributed by atoms with van der Waals surface area (Å²) in [5, 5.41) is 8.35. The van der Waals surface area contributed by atoms with E-state index in [4.69, 9.17) is 5.11 Å². The van der Waals surface area contributed by atoms with Gasteiger partial charge in [0.2, 0.25) is 0 Å². The van der Waals surface area contributed by atoms with E-state index in [1.807, 2.05) is 0 Å². The number of carbonyl (C=O) groups excluding carboxylic acids is 1. The first kappa shape index (κ1) is 24.7. The van der Waals surface area contributed by atoms with Gasteiger partial charge in [-0.05, 0) is 12.8 Å². The van der Waals surface area contributed by atoms with Gasteiger partial charge in [0, 0.05) is 12.3 Å². The molecule has 0 aromatic rings. The van der Waals surface area contributed by atoms with Crippen molar-refractivity contribution in [2.24, 2.45) is 5.92 Å². The number of Topliss-reactive ketones (excluding diaryl/α,β-unsaturated/α-hetero) is 1. The van der Waals surface area contributed by atoms with Crippen LogP contribution >= 0.6 is 0 Å². The molecule has 20 heavy (non-hydrogen) atoms. The van der Waals surface area contributed by atoms with E-state index >= 15 is 0 Å². The van der Waals surface area contributed by atoms with E-state index in [2.05, 4.69) is 0 Å². The maximum atomic E-state index is 11.3. The summed E-state index contributed by atoms with van der Waals surface area (Å²) < 4.78 is 0. The van der Waals surface area contributed by atoms with Crippen LogP contribution in [0.4, 0.5) is 0 Å². The molecule has 1 N–H and O–H groups in total. The third-order valence-corrected chi connectivity index (χ3v) is 3.65. The molecule has 0 aromatic heterocycles. The van der Waals surface area contributed by atoms with Crippen LogP contribution in [0.3, 0.4) is 0 Å². The molecule has 2 aliphatic rings. The normalized spacial score (nSPS) is 16.8. The van der Waals surface area contributed by atoms with Crippen molar-refractivity contribution in [3.05, 3.63) is 14.9 Å². The van der Waals surface area contributed by atoms with E-state index in [1.54, 1.807) is 0 Å². The molecule has 2 aliphatic carbocycles. The summed E-state index contributed by atoms with van der Waals surface area (Å²) in [6.45, 7) is 0. The number of ketones is 1. The summed E-state index contributed by atoms with van der Waals surface area (Å²) >= 11 is 0. The van der Waals surface area contributed by atoms with Crippen molar-refractivity contribution in [2.45, 2.75) is 70.6 Å². The van der Waals surface area contributed by atoms with Crippen molar-refractivity contribution in [1.82, 2.24) is 0 Å². The molecule has 120 valence electrons. The van der Waals surface area contributed by atoms with Gasteiger partial charge in [0.15, 0.2) is 0 Å². The largest absolute Gasteiger partial charge is 2.00 e. The van der Waals surface area contributed by atoms with Crippen LogP contribution in [0.15, 0.2) is 0 Å². The van der Waals surface area contributed by atoms with Gasteiger partial charge in [-0.15, -0.1) is 0 Å². The summed E-state index contributed by atoms with van der Waals surface area (Å²) in [5.41, 5.74) is 0. The second kappa shape index (κ2) is 15.1. The third-order valence-electron chi connectivity index (χ3n) is 3.65. The monoisotopic (exact) mass is 326 g/mol. The fourth-order valence-corrected chi connectivity index (χ4v) is 2.57. The molecule has 0 aliphatic heterocycles. The van der Waals surface area contributed by atoms with E-state index < -0.39 is 5.97 Å². The molecule has 2 fully saturated rings. The Morgan fingerprint density at radius 2 is 1.20 bits per heavy atom. The van der Waals surface area contributed by atoms with E-state index in [0.717, 1.165) is 25.7 Å². The zero-order valence-corrected chi connectivity index (χ0v) is 14.1. The first-order valence-electron chi connectivity index (χ1n) is 6.94. The Labute approximate surface area is 135 Å². The molecule has 0 heterocycles. The Bertz CT molecular complexity index is 236. The molecule has 2 saturated carbocycles. The zero-order chi connectivity index (χ0) is 12.5. The Hall–Kier alpha value is -0.341. The standard InChI is InChI=1S/C9H14O3.C5H10.2CH3.Fe/c10-8(5-6-9(11)12)7-3-1-2-4-7;1-2-4-5-3-1;;;/h7H,1-6H2,(H,11,12);1-5H2;2*1H3;/q;;2*-1;+2. The van der Waals surface area contributed by atoms with E-state index in [-0.39, 0.29) is 56.5 Å². The molecule has 0 bridgehead atoms. The van der Waals surface area contributed by atoms with Gasteiger partial charge in [-0.25, -0.2) is 0 Å². The Morgan fingerprint density at radius 3 is 1.55 bits per heavy atom. The number of aliphatic carboxylic acids is 1. The molecule has 2 rings (SSSR count). The van der Waals surface area contributed by atoms with Gasteiger partial charge >= 0.3 is 23.0 Å². The minimum Gasteiger partial charge on any atom is -0.481 e. The Balaban J connectivity index is -0.000000312. The molecule has 0 atom stereocenters. The van der Waals surface area contributed by atoms with Crippen LogP contribution in [-0.2, 0) is 26.7 Å². The molecule has 0 saturated heterocycles. The van der Waals surface area contributed by atoms with Gasteiger partial charge in [-0.3, -0.25) is 9.59 Å². The van der Waals surface area contributed by atoms with Crippen LogP contribution in [-0.4, -0.2) is 16.9 Å². The number of carboxylic acids is 1. The van der Waals surface area contributed by atoms with Crippen LogP contribution in [0.2, 0.25) is 0 Å². The first-order valence-corrected chi connectivity index (χ1v) is 6.94. The van der Waals surface area contributed by atoms with Crippen molar-refractivity contribution in [3.63, 3.8) is 0 Å². The molecule has 0 spiro atoms. The predicted molar refractivity (Wildman–Crippen MR) is 79.7 cm³/mol. The summed E-state index contributed by atoms with van der Waals surface area (Å²) in [7, 11) is 0. The van der Waals surface area contributed by atoms with Crippen molar-refractivity contribution in [1.29, 1.82) is 0 Å². The van der Waals surface area contributed by atoms with Crippen LogP contribution in [0.25, 0.3) is 0 Å². The molecule has 0 radical (unpaired) electrons. The average molecular weight is 326 g/mol. The van der Waals surface area contributed by atoms with E-state index in [1.165, 1.54) is 32.1 Å². The minimum atomic E-state index is -0.874.